The van der Waals surface area contributed by atoms with E-state index in [4.69, 9.17) is 4.98 Å². The van der Waals surface area contributed by atoms with Crippen LogP contribution in [0.3, 0.4) is 0 Å². The van der Waals surface area contributed by atoms with Crippen molar-refractivity contribution in [2.75, 3.05) is 0 Å². The van der Waals surface area contributed by atoms with Crippen LogP contribution in [0.5, 0.6) is 0 Å². The van der Waals surface area contributed by atoms with E-state index in [1.54, 1.807) is 86.4 Å². The first-order chi connectivity index (χ1) is 68.1. The second kappa shape index (κ2) is 40.3. The monoisotopic (exact) mass is 1840 g/mol. The molecular weight excluding hydrogens is 1750 g/mol. The van der Waals surface area contributed by atoms with Crippen LogP contribution in [0.4, 0.5) is 22.0 Å². The van der Waals surface area contributed by atoms with E-state index in [1.165, 1.54) is 48.0 Å². The first kappa shape index (κ1) is 91.1. The summed E-state index contributed by atoms with van der Waals surface area (Å²) in [4.78, 5) is 27.6. The van der Waals surface area contributed by atoms with E-state index in [0.717, 1.165) is 227 Å². The van der Waals surface area contributed by atoms with Gasteiger partial charge in [-0.1, -0.05) is 84.4 Å². The number of aromatic amines is 6. The third-order valence-electron chi connectivity index (χ3n) is 24.2. The van der Waals surface area contributed by atoms with Crippen LogP contribution in [0, 0.1) is 91.4 Å². The van der Waals surface area contributed by atoms with E-state index < -0.39 is 0 Å². The molecule has 6 N–H and O–H groups in total. The minimum absolute atomic E-state index is 0.202. The van der Waals surface area contributed by atoms with Crippen LogP contribution < -0.4 is 0 Å². The van der Waals surface area contributed by atoms with Gasteiger partial charge in [-0.25, -0.2) is 22.0 Å². The van der Waals surface area contributed by atoms with Gasteiger partial charge in [0, 0.05) is 136 Å². The number of nitrogens with zero attached hydrogens (tertiary/aromatic N) is 12. The van der Waals surface area contributed by atoms with Crippen LogP contribution in [0.1, 0.15) is 50.1 Å². The standard InChI is InChI=1S/2C20H16FN3.C20H17N3.3C19H14FN3/c1-12-7-18(14-3-6-19-15(9-14)11-23-24-19)20(22-10-12)17-5-4-16(21)8-13(17)2;1-12-7-17(14-4-6-19-16(9-14)11-23-24-19)20(22-10-12)15-3-5-18(21)13(2)8-15;1-13-4-3-5-16(8-13)20-18(9-14(2)11-21-20)15-6-7-19-17(10-15)12-22-23-19;1-12-8-17(14-4-7-18-15(9-14)11-22-23-18)19(21-10-12)13-2-5-16(20)6-3-13;1-12-7-17(13-5-6-18-15(8-13)11-22-23-18)19(21-10-12)14-3-2-4-16(20)9-14;1-12-8-16(13-6-7-18-14(9-13)11-22-23-18)19(21-10-12)15-4-2-3-5-17(15)20/h2*3-11H,1-2H3,(H,23,24);3-12H,1-2H3,(H,22,23);3*2-11H,1H3,(H,22,23). The summed E-state index contributed by atoms with van der Waals surface area (Å²) in [6, 6.07) is 87.7. The first-order valence-corrected chi connectivity index (χ1v) is 45.4. The maximum atomic E-state index is 14.2. The molecule has 0 fully saturated rings. The molecule has 0 amide bonds. The number of benzene rings is 12. The molecule has 0 aliphatic heterocycles. The van der Waals surface area contributed by atoms with Gasteiger partial charge in [0.1, 0.15) is 29.1 Å². The lowest BCUT2D eigenvalue weighted by atomic mass is 9.95. The van der Waals surface area contributed by atoms with Gasteiger partial charge in [0.15, 0.2) is 0 Å². The number of H-pyrrole nitrogens is 6. The van der Waals surface area contributed by atoms with Crippen molar-refractivity contribution >= 4 is 65.4 Å². The van der Waals surface area contributed by atoms with Crippen molar-refractivity contribution < 1.29 is 22.0 Å². The number of aromatic nitrogens is 18. The largest absolute Gasteiger partial charge is 0.278 e. The van der Waals surface area contributed by atoms with Crippen molar-refractivity contribution in [1.29, 1.82) is 0 Å². The average Bonchev–Trinajstić information content (AvgIpc) is 1.37. The van der Waals surface area contributed by atoms with Crippen molar-refractivity contribution in [2.24, 2.45) is 0 Å². The predicted octanol–water partition coefficient (Wildman–Crippen LogP) is 29.2. The van der Waals surface area contributed by atoms with Crippen LogP contribution in [-0.2, 0) is 0 Å². The highest BCUT2D eigenvalue weighted by molar-refractivity contribution is 5.96. The highest BCUT2D eigenvalue weighted by Crippen LogP contribution is 2.42. The van der Waals surface area contributed by atoms with Gasteiger partial charge in [-0.2, -0.15) is 30.6 Å². The number of nitrogens with one attached hydrogen (secondary N) is 6. The number of hydrogen-bond donors (Lipinski definition) is 6. The maximum absolute atomic E-state index is 14.2. The summed E-state index contributed by atoms with van der Waals surface area (Å²) in [6.45, 7) is 17.9. The lowest BCUT2D eigenvalue weighted by molar-refractivity contribution is 0.618. The van der Waals surface area contributed by atoms with Gasteiger partial charge in [0.2, 0.25) is 0 Å². The zero-order valence-electron chi connectivity index (χ0n) is 77.7. The second-order valence-electron chi connectivity index (χ2n) is 34.8. The van der Waals surface area contributed by atoms with Crippen LogP contribution in [0.2, 0.25) is 0 Å². The summed E-state index contributed by atoms with van der Waals surface area (Å²) >= 11 is 0. The molecule has 0 saturated heterocycles. The Hall–Kier alpha value is -18.0. The first-order valence-electron chi connectivity index (χ1n) is 45.4. The second-order valence-corrected chi connectivity index (χ2v) is 34.8. The zero-order valence-corrected chi connectivity index (χ0v) is 77.7. The Morgan fingerprint density at radius 2 is 0.464 bits per heavy atom. The molecule has 684 valence electrons. The molecule has 23 heteroatoms. The Morgan fingerprint density at radius 3 is 0.807 bits per heavy atom. The maximum Gasteiger partial charge on any atom is 0.132 e. The third-order valence-corrected chi connectivity index (χ3v) is 24.2. The summed E-state index contributed by atoms with van der Waals surface area (Å²) < 4.78 is 68.1. The lowest BCUT2D eigenvalue weighted by Crippen LogP contribution is -1.94. The molecule has 12 aromatic carbocycles. The molecule has 0 saturated carbocycles. The fourth-order valence-electron chi connectivity index (χ4n) is 17.1. The van der Waals surface area contributed by atoms with Crippen molar-refractivity contribution in [3.63, 3.8) is 0 Å². The van der Waals surface area contributed by atoms with Gasteiger partial charge in [-0.05, 0) is 340 Å². The summed E-state index contributed by atoms with van der Waals surface area (Å²) in [5.74, 6) is -1.21. The minimum Gasteiger partial charge on any atom is -0.278 e. The van der Waals surface area contributed by atoms with Crippen LogP contribution >= 0.6 is 0 Å². The van der Waals surface area contributed by atoms with Crippen molar-refractivity contribution in [1.82, 2.24) is 91.1 Å². The third kappa shape index (κ3) is 20.3. The molecule has 0 spiro atoms. The zero-order chi connectivity index (χ0) is 96.6. The van der Waals surface area contributed by atoms with Gasteiger partial charge in [-0.15, -0.1) is 0 Å². The molecule has 0 aliphatic carbocycles. The number of rotatable bonds is 12. The fraction of sp³-hybridized carbons (Fsp3) is 0.0769. The Balaban J connectivity index is 0.000000107. The normalized spacial score (nSPS) is 11.1. The number of hydrogen-bond acceptors (Lipinski definition) is 12. The number of aryl methyl sites for hydroxylation is 9. The molecule has 0 unspecified atom stereocenters. The molecule has 24 rings (SSSR count). The summed E-state index contributed by atoms with van der Waals surface area (Å²) in [5, 5.41) is 48.5. The molecule has 0 radical (unpaired) electrons. The average molecular weight is 1840 g/mol. The number of pyridine rings is 6. The van der Waals surface area contributed by atoms with Crippen LogP contribution in [-0.4, -0.2) is 91.1 Å². The summed E-state index contributed by atoms with van der Waals surface area (Å²) in [5.41, 5.74) is 37.9. The summed E-state index contributed by atoms with van der Waals surface area (Å²) in [6.07, 6.45) is 21.9. The van der Waals surface area contributed by atoms with Gasteiger partial charge in [-0.3, -0.25) is 60.5 Å². The van der Waals surface area contributed by atoms with Gasteiger partial charge in [0.05, 0.1) is 104 Å². The van der Waals surface area contributed by atoms with Crippen molar-refractivity contribution in [2.45, 2.75) is 62.3 Å². The van der Waals surface area contributed by atoms with E-state index in [0.29, 0.717) is 16.8 Å². The minimum atomic E-state index is -0.269. The molecule has 24 aromatic rings. The highest BCUT2D eigenvalue weighted by Gasteiger charge is 2.21. The van der Waals surface area contributed by atoms with Crippen LogP contribution in [0.15, 0.2) is 353 Å². The number of halogens is 5. The van der Waals surface area contributed by atoms with Gasteiger partial charge < -0.3 is 0 Å². The number of fused-ring (bicyclic) bond motifs is 6. The molecule has 18 nitrogen and oxygen atoms in total. The van der Waals surface area contributed by atoms with E-state index in [1.807, 2.05) is 164 Å². The van der Waals surface area contributed by atoms with Gasteiger partial charge in [0.25, 0.3) is 0 Å². The van der Waals surface area contributed by atoms with E-state index >= 15 is 0 Å². The fourth-order valence-corrected chi connectivity index (χ4v) is 17.1. The predicted molar refractivity (Wildman–Crippen MR) is 551 cm³/mol. The summed E-state index contributed by atoms with van der Waals surface area (Å²) in [7, 11) is 0. The van der Waals surface area contributed by atoms with Crippen molar-refractivity contribution in [3.8, 4) is 134 Å². The Bertz CT molecular complexity index is 8520. The Morgan fingerprint density at radius 1 is 0.171 bits per heavy atom. The molecule has 12 heterocycles. The quantitative estimate of drug-likeness (QED) is 0.0625. The van der Waals surface area contributed by atoms with Gasteiger partial charge >= 0.3 is 0 Å². The van der Waals surface area contributed by atoms with E-state index in [-0.39, 0.29) is 29.1 Å². The molecule has 12 aromatic heterocycles. The van der Waals surface area contributed by atoms with E-state index in [2.05, 4.69) is 209 Å². The molecule has 0 aliphatic rings. The molecular formula is C117H91F5N18. The Kier molecular flexibility index (Phi) is 26.2. The molecule has 140 heavy (non-hydrogen) atoms. The SMILES string of the molecule is Cc1cccc(-c2ncc(C)cc2-c2ccc3[nH]ncc3c2)c1.Cc1cnc(-c2ccc(F)c(C)c2)c(-c2ccc3[nH]ncc3c2)c1.Cc1cnc(-c2ccc(F)cc2)c(-c2ccc3[nH]ncc3c2)c1.Cc1cnc(-c2ccc(F)cc2C)c(-c2ccc3[nH]ncc3c2)c1.Cc1cnc(-c2cccc(F)c2)c(-c2ccc3[nH]ncc3c2)c1.Cc1cnc(-c2ccccc2F)c(-c2ccc3[nH]ncc3c2)c1. The Labute approximate surface area is 802 Å². The lowest BCUT2D eigenvalue weighted by Gasteiger charge is -2.12. The highest BCUT2D eigenvalue weighted by atomic mass is 19.1. The topological polar surface area (TPSA) is 249 Å². The van der Waals surface area contributed by atoms with Crippen molar-refractivity contribution in [3.05, 3.63) is 433 Å². The molecule has 0 bridgehead atoms. The molecule has 0 atom stereocenters. The smallest absolute Gasteiger partial charge is 0.132 e. The van der Waals surface area contributed by atoms with E-state index in [9.17, 15) is 22.0 Å². The van der Waals surface area contributed by atoms with Crippen LogP contribution in [0.25, 0.3) is 200 Å².